The van der Waals surface area contributed by atoms with E-state index < -0.39 is 0 Å². The lowest BCUT2D eigenvalue weighted by Gasteiger charge is -2.08. The summed E-state index contributed by atoms with van der Waals surface area (Å²) in [5.41, 5.74) is 0.957. The van der Waals surface area contributed by atoms with Gasteiger partial charge in [-0.3, -0.25) is 0 Å². The number of carbonyl (C=O) groups excluding carboxylic acids is 1. The van der Waals surface area contributed by atoms with Crippen molar-refractivity contribution < 1.29 is 9.90 Å². The van der Waals surface area contributed by atoms with Gasteiger partial charge in [0, 0.05) is 18.4 Å². The molecule has 0 fully saturated rings. The smallest absolute Gasteiger partial charge is 0.128 e. The third kappa shape index (κ3) is 1.74. The van der Waals surface area contributed by atoms with Gasteiger partial charge in [0.25, 0.3) is 0 Å². The normalized spacial score (nSPS) is 12.8. The molecule has 0 saturated heterocycles. The highest BCUT2D eigenvalue weighted by Gasteiger charge is 2.07. The lowest BCUT2D eigenvalue weighted by Crippen LogP contribution is -2.08. The number of aromatic nitrogens is 1. The number of aliphatic hydroxyl groups is 1. The highest BCUT2D eigenvalue weighted by atomic mass is 16.3. The minimum atomic E-state index is -0.0912. The van der Waals surface area contributed by atoms with Gasteiger partial charge in [-0.25, -0.2) is 0 Å². The first-order valence-electron chi connectivity index (χ1n) is 4.00. The number of hydrogen-bond donors (Lipinski definition) is 1. The largest absolute Gasteiger partial charge is 0.395 e. The molecule has 66 valence electrons. The molecule has 0 aliphatic rings. The maximum Gasteiger partial charge on any atom is 0.128 e. The molecule has 1 atom stereocenters. The fraction of sp³-hybridized carbons (Fsp3) is 0.444. The molecule has 0 aliphatic carbocycles. The zero-order chi connectivity index (χ0) is 8.97. The molecule has 0 aromatic carbocycles. The molecule has 1 heterocycles. The summed E-state index contributed by atoms with van der Waals surface area (Å²) in [6.45, 7) is 2.50. The molecule has 1 rings (SSSR count). The van der Waals surface area contributed by atoms with Gasteiger partial charge in [-0.2, -0.15) is 0 Å². The van der Waals surface area contributed by atoms with Gasteiger partial charge < -0.3 is 14.5 Å². The van der Waals surface area contributed by atoms with Gasteiger partial charge in [-0.05, 0) is 12.1 Å². The molecule has 0 amide bonds. The highest BCUT2D eigenvalue weighted by Crippen LogP contribution is 2.12. The maximum absolute atomic E-state index is 10.5. The second-order valence-electron chi connectivity index (χ2n) is 2.77. The lowest BCUT2D eigenvalue weighted by molar-refractivity contribution is -0.108. The Morgan fingerprint density at radius 1 is 1.75 bits per heavy atom. The average Bonchev–Trinajstić information content (AvgIpc) is 2.52. The summed E-state index contributed by atoms with van der Waals surface area (Å²) >= 11 is 0. The van der Waals surface area contributed by atoms with E-state index in [1.54, 1.807) is 0 Å². The predicted octanol–water partition coefficient (Wildman–Crippen LogP) is 0.783. The molecular weight excluding hydrogens is 154 g/mol. The monoisotopic (exact) mass is 167 g/mol. The number of carbonyl (C=O) groups is 1. The topological polar surface area (TPSA) is 42.2 Å². The van der Waals surface area contributed by atoms with E-state index >= 15 is 0 Å². The van der Waals surface area contributed by atoms with Crippen LogP contribution in [0.3, 0.4) is 0 Å². The molecule has 12 heavy (non-hydrogen) atoms. The van der Waals surface area contributed by atoms with Crippen LogP contribution in [-0.2, 0) is 11.3 Å². The number of hydrogen-bond acceptors (Lipinski definition) is 2. The molecule has 0 spiro atoms. The van der Waals surface area contributed by atoms with Crippen LogP contribution in [0.15, 0.2) is 18.3 Å². The van der Waals surface area contributed by atoms with Crippen LogP contribution in [0.5, 0.6) is 0 Å². The van der Waals surface area contributed by atoms with Crippen LogP contribution in [0.4, 0.5) is 0 Å². The minimum Gasteiger partial charge on any atom is -0.395 e. The maximum atomic E-state index is 10.5. The van der Waals surface area contributed by atoms with E-state index in [1.165, 1.54) is 0 Å². The summed E-state index contributed by atoms with van der Waals surface area (Å²) in [7, 11) is 0. The SMILES string of the molecule is CC(C=O)c1cccn1CCO. The average molecular weight is 167 g/mol. The quantitative estimate of drug-likeness (QED) is 0.673. The van der Waals surface area contributed by atoms with Crippen LogP contribution < -0.4 is 0 Å². The first-order chi connectivity index (χ1) is 5.79. The van der Waals surface area contributed by atoms with Gasteiger partial charge in [0.1, 0.15) is 6.29 Å². The number of rotatable bonds is 4. The summed E-state index contributed by atoms with van der Waals surface area (Å²) in [5.74, 6) is -0.0912. The zero-order valence-electron chi connectivity index (χ0n) is 7.10. The second kappa shape index (κ2) is 4.07. The van der Waals surface area contributed by atoms with E-state index in [9.17, 15) is 4.79 Å². The fourth-order valence-electron chi connectivity index (χ4n) is 1.22. The Morgan fingerprint density at radius 2 is 2.50 bits per heavy atom. The molecule has 0 saturated carbocycles. The van der Waals surface area contributed by atoms with E-state index in [-0.39, 0.29) is 12.5 Å². The molecule has 3 heteroatoms. The van der Waals surface area contributed by atoms with Crippen molar-refractivity contribution in [2.24, 2.45) is 0 Å². The van der Waals surface area contributed by atoms with Crippen LogP contribution in [0, 0.1) is 0 Å². The van der Waals surface area contributed by atoms with Crippen molar-refractivity contribution in [1.82, 2.24) is 4.57 Å². The first kappa shape index (κ1) is 9.00. The number of aliphatic hydroxyl groups excluding tert-OH is 1. The molecule has 1 aromatic heterocycles. The van der Waals surface area contributed by atoms with Crippen molar-refractivity contribution in [1.29, 1.82) is 0 Å². The number of nitrogens with zero attached hydrogens (tertiary/aromatic N) is 1. The molecule has 1 N–H and O–H groups in total. The van der Waals surface area contributed by atoms with Gasteiger partial charge in [0.15, 0.2) is 0 Å². The zero-order valence-corrected chi connectivity index (χ0v) is 7.10. The van der Waals surface area contributed by atoms with E-state index in [1.807, 2.05) is 29.8 Å². The van der Waals surface area contributed by atoms with E-state index in [4.69, 9.17) is 5.11 Å². The van der Waals surface area contributed by atoms with Crippen LogP contribution >= 0.6 is 0 Å². The Bertz CT molecular complexity index is 255. The van der Waals surface area contributed by atoms with E-state index in [0.717, 1.165) is 12.0 Å². The third-order valence-electron chi connectivity index (χ3n) is 1.88. The first-order valence-corrected chi connectivity index (χ1v) is 4.00. The summed E-state index contributed by atoms with van der Waals surface area (Å²) in [4.78, 5) is 10.5. The summed E-state index contributed by atoms with van der Waals surface area (Å²) in [6.07, 6.45) is 2.77. The van der Waals surface area contributed by atoms with Crippen molar-refractivity contribution >= 4 is 6.29 Å². The minimum absolute atomic E-state index is 0.0912. The summed E-state index contributed by atoms with van der Waals surface area (Å²) in [5, 5.41) is 8.71. The van der Waals surface area contributed by atoms with Gasteiger partial charge in [0.2, 0.25) is 0 Å². The fourth-order valence-corrected chi connectivity index (χ4v) is 1.22. The second-order valence-corrected chi connectivity index (χ2v) is 2.77. The van der Waals surface area contributed by atoms with Crippen molar-refractivity contribution in [3.05, 3.63) is 24.0 Å². The van der Waals surface area contributed by atoms with Gasteiger partial charge in [0.05, 0.1) is 12.5 Å². The van der Waals surface area contributed by atoms with Crippen LogP contribution in [0.25, 0.3) is 0 Å². The lowest BCUT2D eigenvalue weighted by atomic mass is 10.1. The molecule has 3 nitrogen and oxygen atoms in total. The third-order valence-corrected chi connectivity index (χ3v) is 1.88. The molecule has 0 aliphatic heterocycles. The predicted molar refractivity (Wildman–Crippen MR) is 46.0 cm³/mol. The molecule has 1 unspecified atom stereocenters. The van der Waals surface area contributed by atoms with Crippen LogP contribution in [-0.4, -0.2) is 22.6 Å². The Morgan fingerprint density at radius 3 is 3.08 bits per heavy atom. The van der Waals surface area contributed by atoms with Crippen LogP contribution in [0.2, 0.25) is 0 Å². The Hall–Kier alpha value is -1.09. The van der Waals surface area contributed by atoms with E-state index in [2.05, 4.69) is 0 Å². The van der Waals surface area contributed by atoms with Crippen molar-refractivity contribution in [2.45, 2.75) is 19.4 Å². The Balaban J connectivity index is 2.82. The molecular formula is C9H13NO2. The summed E-state index contributed by atoms with van der Waals surface area (Å²) in [6, 6.07) is 3.78. The van der Waals surface area contributed by atoms with E-state index in [0.29, 0.717) is 6.54 Å². The number of aldehydes is 1. The van der Waals surface area contributed by atoms with Crippen LogP contribution in [0.1, 0.15) is 18.5 Å². The molecule has 0 radical (unpaired) electrons. The van der Waals surface area contributed by atoms with Crippen molar-refractivity contribution in [3.8, 4) is 0 Å². The van der Waals surface area contributed by atoms with Crippen molar-refractivity contribution in [3.63, 3.8) is 0 Å². The standard InChI is InChI=1S/C9H13NO2/c1-8(7-12)9-3-2-4-10(9)5-6-11/h2-4,7-8,11H,5-6H2,1H3. The molecule has 0 bridgehead atoms. The van der Waals surface area contributed by atoms with Crippen molar-refractivity contribution in [2.75, 3.05) is 6.61 Å². The molecule has 1 aromatic rings. The van der Waals surface area contributed by atoms with Gasteiger partial charge in [-0.15, -0.1) is 0 Å². The summed E-state index contributed by atoms with van der Waals surface area (Å²) < 4.78 is 1.89. The van der Waals surface area contributed by atoms with Gasteiger partial charge >= 0.3 is 0 Å². The Labute approximate surface area is 71.6 Å². The van der Waals surface area contributed by atoms with Gasteiger partial charge in [-0.1, -0.05) is 6.92 Å². The Kier molecular flexibility index (Phi) is 3.05. The highest BCUT2D eigenvalue weighted by molar-refractivity contribution is 5.60.